The summed E-state index contributed by atoms with van der Waals surface area (Å²) in [5.74, 6) is 1.86. The summed E-state index contributed by atoms with van der Waals surface area (Å²) < 4.78 is 15.7. The third-order valence-electron chi connectivity index (χ3n) is 3.65. The molecule has 4 nitrogen and oxygen atoms in total. The molecule has 0 amide bonds. The van der Waals surface area contributed by atoms with E-state index in [9.17, 15) is 4.79 Å². The quantitative estimate of drug-likeness (QED) is 0.284. The van der Waals surface area contributed by atoms with Crippen LogP contribution in [0.25, 0.3) is 12.2 Å². The molecule has 0 heterocycles. The number of hydrogen-bond donors (Lipinski definition) is 0. The third kappa shape index (κ3) is 6.90. The maximum atomic E-state index is 12.2. The highest BCUT2D eigenvalue weighted by atomic mass is 16.5. The normalized spacial score (nSPS) is 11.6. The standard InChI is InChI=1S/C22H22BO4/c1-23-27-22(15-9-18-7-13-21(26-3)14-8-18)16-19(24)10-4-17-5-11-20(25-2)12-6-17/h4-16H,1-3H3/b10-4+,15-9+,22-16-. The maximum absolute atomic E-state index is 12.2. The molecule has 0 fully saturated rings. The summed E-state index contributed by atoms with van der Waals surface area (Å²) in [6.07, 6.45) is 8.32. The second kappa shape index (κ2) is 10.7. The van der Waals surface area contributed by atoms with Crippen LogP contribution in [0.1, 0.15) is 11.1 Å². The average Bonchev–Trinajstić information content (AvgIpc) is 2.71. The molecule has 0 unspecified atom stereocenters. The van der Waals surface area contributed by atoms with Crippen molar-refractivity contribution in [2.75, 3.05) is 14.2 Å². The molecular formula is C22H22BO4. The van der Waals surface area contributed by atoms with Gasteiger partial charge in [0.1, 0.15) is 17.3 Å². The molecule has 0 aromatic heterocycles. The molecule has 0 saturated carbocycles. The number of carbonyl (C=O) groups excluding carboxylic acids is 1. The van der Waals surface area contributed by atoms with Crippen molar-refractivity contribution >= 4 is 25.4 Å². The zero-order valence-electron chi connectivity index (χ0n) is 15.7. The lowest BCUT2D eigenvalue weighted by Crippen LogP contribution is -1.96. The third-order valence-corrected chi connectivity index (χ3v) is 3.65. The lowest BCUT2D eigenvalue weighted by molar-refractivity contribution is -0.110. The molecule has 0 spiro atoms. The van der Waals surface area contributed by atoms with Gasteiger partial charge in [0.25, 0.3) is 0 Å². The first-order valence-corrected chi connectivity index (χ1v) is 8.49. The van der Waals surface area contributed by atoms with Crippen molar-refractivity contribution in [1.82, 2.24) is 0 Å². The number of carbonyl (C=O) groups is 1. The lowest BCUT2D eigenvalue weighted by Gasteiger charge is -2.03. The highest BCUT2D eigenvalue weighted by molar-refractivity contribution is 6.25. The Bertz CT molecular complexity index is 818. The van der Waals surface area contributed by atoms with Crippen LogP contribution in [0.3, 0.4) is 0 Å². The summed E-state index contributed by atoms with van der Waals surface area (Å²) in [5, 5.41) is 0. The lowest BCUT2D eigenvalue weighted by atomic mass is 10.1. The largest absolute Gasteiger partial charge is 0.563 e. The molecular weight excluding hydrogens is 339 g/mol. The van der Waals surface area contributed by atoms with Crippen molar-refractivity contribution in [3.63, 3.8) is 0 Å². The number of ketones is 1. The van der Waals surface area contributed by atoms with E-state index in [4.69, 9.17) is 14.1 Å². The van der Waals surface area contributed by atoms with Crippen molar-refractivity contribution in [3.05, 3.63) is 83.6 Å². The van der Waals surface area contributed by atoms with Crippen molar-refractivity contribution in [2.24, 2.45) is 0 Å². The van der Waals surface area contributed by atoms with Crippen LogP contribution in [-0.4, -0.2) is 27.5 Å². The Morgan fingerprint density at radius 3 is 1.74 bits per heavy atom. The van der Waals surface area contributed by atoms with Crippen LogP contribution in [0, 0.1) is 0 Å². The summed E-state index contributed by atoms with van der Waals surface area (Å²) in [7, 11) is 4.78. The van der Waals surface area contributed by atoms with Crippen LogP contribution in [0.15, 0.2) is 72.5 Å². The van der Waals surface area contributed by atoms with Crippen LogP contribution in [-0.2, 0) is 9.45 Å². The minimum atomic E-state index is -0.165. The first-order chi connectivity index (χ1) is 13.1. The molecule has 0 atom stereocenters. The highest BCUT2D eigenvalue weighted by Crippen LogP contribution is 2.14. The molecule has 0 bridgehead atoms. The molecule has 5 heteroatoms. The Labute approximate surface area is 161 Å². The van der Waals surface area contributed by atoms with Gasteiger partial charge in [-0.3, -0.25) is 4.79 Å². The molecule has 0 aliphatic heterocycles. The van der Waals surface area contributed by atoms with Crippen LogP contribution in [0.4, 0.5) is 0 Å². The average molecular weight is 361 g/mol. The van der Waals surface area contributed by atoms with Crippen LogP contribution >= 0.6 is 0 Å². The molecule has 2 aromatic rings. The van der Waals surface area contributed by atoms with E-state index in [1.54, 1.807) is 33.2 Å². The van der Waals surface area contributed by atoms with Gasteiger partial charge in [0.2, 0.25) is 0 Å². The molecule has 2 rings (SSSR count). The minimum Gasteiger partial charge on any atom is -0.563 e. The van der Waals surface area contributed by atoms with E-state index in [1.165, 1.54) is 19.6 Å². The second-order valence-electron chi connectivity index (χ2n) is 5.52. The predicted molar refractivity (Wildman–Crippen MR) is 110 cm³/mol. The number of rotatable bonds is 9. The first kappa shape index (κ1) is 20.1. The Morgan fingerprint density at radius 1 is 0.815 bits per heavy atom. The topological polar surface area (TPSA) is 44.8 Å². The monoisotopic (exact) mass is 361 g/mol. The Balaban J connectivity index is 2.06. The molecule has 1 radical (unpaired) electrons. The van der Waals surface area contributed by atoms with E-state index in [-0.39, 0.29) is 5.78 Å². The summed E-state index contributed by atoms with van der Waals surface area (Å²) in [6.45, 7) is 1.76. The predicted octanol–water partition coefficient (Wildman–Crippen LogP) is 4.57. The van der Waals surface area contributed by atoms with Crippen molar-refractivity contribution in [2.45, 2.75) is 6.82 Å². The van der Waals surface area contributed by atoms with Gasteiger partial charge in [-0.2, -0.15) is 0 Å². The zero-order valence-corrected chi connectivity index (χ0v) is 15.7. The Hall–Kier alpha value is -3.21. The van der Waals surface area contributed by atoms with Gasteiger partial charge in [0.15, 0.2) is 5.78 Å². The summed E-state index contributed by atoms with van der Waals surface area (Å²) in [6, 6.07) is 15.1. The minimum absolute atomic E-state index is 0.165. The van der Waals surface area contributed by atoms with E-state index < -0.39 is 0 Å². The highest BCUT2D eigenvalue weighted by Gasteiger charge is 1.99. The fourth-order valence-corrected chi connectivity index (χ4v) is 2.23. The van der Waals surface area contributed by atoms with Gasteiger partial charge in [-0.05, 0) is 47.5 Å². The van der Waals surface area contributed by atoms with Gasteiger partial charge in [-0.25, -0.2) is 0 Å². The molecule has 2 aromatic carbocycles. The molecule has 0 aliphatic carbocycles. The Kier molecular flexibility index (Phi) is 7.98. The van der Waals surface area contributed by atoms with Gasteiger partial charge < -0.3 is 14.1 Å². The zero-order chi connectivity index (χ0) is 19.5. The van der Waals surface area contributed by atoms with E-state index in [2.05, 4.69) is 0 Å². The SMILES string of the molecule is C[B]OC(=C\C(=O)/C=C/c1ccc(OC)cc1)/C=C/c1ccc(OC)cc1. The van der Waals surface area contributed by atoms with Crippen LogP contribution < -0.4 is 9.47 Å². The first-order valence-electron chi connectivity index (χ1n) is 8.49. The smallest absolute Gasteiger partial charge is 0.366 e. The summed E-state index contributed by atoms with van der Waals surface area (Å²) in [4.78, 5) is 12.2. The number of benzene rings is 2. The van der Waals surface area contributed by atoms with E-state index in [0.29, 0.717) is 5.76 Å². The summed E-state index contributed by atoms with van der Waals surface area (Å²) in [5.41, 5.74) is 1.89. The maximum Gasteiger partial charge on any atom is 0.366 e. The molecule has 0 aliphatic rings. The number of hydrogen-bond acceptors (Lipinski definition) is 4. The molecule has 0 saturated heterocycles. The van der Waals surface area contributed by atoms with E-state index >= 15 is 0 Å². The van der Waals surface area contributed by atoms with Crippen LogP contribution in [0.2, 0.25) is 6.82 Å². The van der Waals surface area contributed by atoms with Crippen molar-refractivity contribution < 1.29 is 18.9 Å². The van der Waals surface area contributed by atoms with Gasteiger partial charge >= 0.3 is 7.48 Å². The molecule has 0 N–H and O–H groups in total. The van der Waals surface area contributed by atoms with Gasteiger partial charge in [0.05, 0.1) is 14.2 Å². The van der Waals surface area contributed by atoms with Gasteiger partial charge in [-0.15, -0.1) is 0 Å². The Morgan fingerprint density at radius 2 is 1.30 bits per heavy atom. The number of ether oxygens (including phenoxy) is 2. The fraction of sp³-hybridized carbons (Fsp3) is 0.136. The van der Waals surface area contributed by atoms with Crippen molar-refractivity contribution in [1.29, 1.82) is 0 Å². The molecule has 27 heavy (non-hydrogen) atoms. The summed E-state index contributed by atoms with van der Waals surface area (Å²) >= 11 is 0. The van der Waals surface area contributed by atoms with E-state index in [1.807, 2.05) is 54.6 Å². The number of methoxy groups -OCH3 is 2. The molecule has 137 valence electrons. The van der Waals surface area contributed by atoms with Crippen LogP contribution in [0.5, 0.6) is 11.5 Å². The van der Waals surface area contributed by atoms with Gasteiger partial charge in [-0.1, -0.05) is 43.2 Å². The number of allylic oxidation sites excluding steroid dienone is 3. The fourth-order valence-electron chi connectivity index (χ4n) is 2.23. The second-order valence-corrected chi connectivity index (χ2v) is 5.52. The van der Waals surface area contributed by atoms with E-state index in [0.717, 1.165) is 22.6 Å². The van der Waals surface area contributed by atoms with Crippen molar-refractivity contribution in [3.8, 4) is 11.5 Å². The van der Waals surface area contributed by atoms with Gasteiger partial charge in [0, 0.05) is 6.08 Å².